The van der Waals surface area contributed by atoms with Gasteiger partial charge in [0.1, 0.15) is 0 Å². The molecule has 0 atom stereocenters. The number of rotatable bonds is 2. The molecule has 0 heterocycles. The van der Waals surface area contributed by atoms with Gasteiger partial charge in [-0.1, -0.05) is 60.7 Å². The van der Waals surface area contributed by atoms with Crippen molar-refractivity contribution < 1.29 is 0 Å². The summed E-state index contributed by atoms with van der Waals surface area (Å²) < 4.78 is 0. The second-order valence-electron chi connectivity index (χ2n) is 4.64. The van der Waals surface area contributed by atoms with E-state index in [9.17, 15) is 5.26 Å². The number of nitrogens with zero attached hydrogens (tertiary/aromatic N) is 1. The van der Waals surface area contributed by atoms with E-state index in [0.29, 0.717) is 0 Å². The van der Waals surface area contributed by atoms with Crippen LogP contribution in [-0.2, 0) is 6.42 Å². The van der Waals surface area contributed by atoms with Crippen LogP contribution in [0.5, 0.6) is 0 Å². The first-order chi connectivity index (χ1) is 9.36. The van der Waals surface area contributed by atoms with Crippen molar-refractivity contribution in [1.82, 2.24) is 0 Å². The molecule has 90 valence electrons. The van der Waals surface area contributed by atoms with Crippen LogP contribution in [0.25, 0.3) is 10.8 Å². The lowest BCUT2D eigenvalue weighted by atomic mass is 9.97. The Morgan fingerprint density at radius 1 is 0.789 bits per heavy atom. The maximum absolute atomic E-state index is 9.28. The third-order valence-electron chi connectivity index (χ3n) is 3.29. The van der Waals surface area contributed by atoms with Crippen LogP contribution in [0.1, 0.15) is 16.7 Å². The van der Waals surface area contributed by atoms with Crippen molar-refractivity contribution in [2.45, 2.75) is 6.42 Å². The molecule has 0 bridgehead atoms. The Labute approximate surface area is 112 Å². The van der Waals surface area contributed by atoms with Crippen LogP contribution in [-0.4, -0.2) is 0 Å². The van der Waals surface area contributed by atoms with Crippen molar-refractivity contribution in [2.24, 2.45) is 0 Å². The van der Waals surface area contributed by atoms with E-state index in [4.69, 9.17) is 0 Å². The zero-order chi connectivity index (χ0) is 13.1. The van der Waals surface area contributed by atoms with Crippen molar-refractivity contribution in [3.05, 3.63) is 83.4 Å². The summed E-state index contributed by atoms with van der Waals surface area (Å²) in [5.41, 5.74) is 3.20. The van der Waals surface area contributed by atoms with Crippen molar-refractivity contribution in [1.29, 1.82) is 5.26 Å². The fraction of sp³-hybridized carbons (Fsp3) is 0.0556. The normalized spacial score (nSPS) is 10.3. The molecule has 1 heteroatoms. The van der Waals surface area contributed by atoms with E-state index >= 15 is 0 Å². The van der Waals surface area contributed by atoms with Crippen LogP contribution < -0.4 is 0 Å². The zero-order valence-electron chi connectivity index (χ0n) is 10.5. The van der Waals surface area contributed by atoms with Crippen molar-refractivity contribution in [3.63, 3.8) is 0 Å². The average molecular weight is 243 g/mol. The lowest BCUT2D eigenvalue weighted by Crippen LogP contribution is -1.90. The van der Waals surface area contributed by atoms with Crippen molar-refractivity contribution >= 4 is 10.8 Å². The molecule has 0 aliphatic rings. The van der Waals surface area contributed by atoms with Gasteiger partial charge in [-0.25, -0.2) is 0 Å². The molecule has 0 saturated heterocycles. The molecule has 0 saturated carbocycles. The average Bonchev–Trinajstić information content (AvgIpc) is 2.47. The van der Waals surface area contributed by atoms with Gasteiger partial charge >= 0.3 is 0 Å². The van der Waals surface area contributed by atoms with Crippen LogP contribution in [0.3, 0.4) is 0 Å². The van der Waals surface area contributed by atoms with E-state index in [-0.39, 0.29) is 0 Å². The minimum Gasteiger partial charge on any atom is -0.192 e. The molecule has 3 aromatic rings. The molecule has 0 spiro atoms. The van der Waals surface area contributed by atoms with E-state index in [1.54, 1.807) is 0 Å². The minimum atomic E-state index is 0.754. The van der Waals surface area contributed by atoms with E-state index in [1.165, 1.54) is 11.1 Å². The first kappa shape index (κ1) is 11.5. The van der Waals surface area contributed by atoms with E-state index in [2.05, 4.69) is 30.3 Å². The summed E-state index contributed by atoms with van der Waals surface area (Å²) in [7, 11) is 0. The Morgan fingerprint density at radius 2 is 1.53 bits per heavy atom. The lowest BCUT2D eigenvalue weighted by molar-refractivity contribution is 1.20. The molecule has 0 aromatic heterocycles. The van der Waals surface area contributed by atoms with Gasteiger partial charge in [0.2, 0.25) is 0 Å². The number of benzene rings is 3. The fourth-order valence-corrected chi connectivity index (χ4v) is 2.40. The summed E-state index contributed by atoms with van der Waals surface area (Å²) in [4.78, 5) is 0. The maximum atomic E-state index is 9.28. The second kappa shape index (κ2) is 4.96. The molecule has 1 nitrogen and oxygen atoms in total. The molecule has 0 radical (unpaired) electrons. The summed E-state index contributed by atoms with van der Waals surface area (Å²) >= 11 is 0. The van der Waals surface area contributed by atoms with Gasteiger partial charge in [0.25, 0.3) is 0 Å². The first-order valence-electron chi connectivity index (χ1n) is 6.32. The van der Waals surface area contributed by atoms with Crippen LogP contribution in [0, 0.1) is 11.3 Å². The predicted molar refractivity (Wildman–Crippen MR) is 77.9 cm³/mol. The quantitative estimate of drug-likeness (QED) is 0.658. The summed E-state index contributed by atoms with van der Waals surface area (Å²) in [5, 5.41) is 11.4. The van der Waals surface area contributed by atoms with Crippen LogP contribution in [0.15, 0.2) is 66.7 Å². The Kier molecular flexibility index (Phi) is 3.00. The highest BCUT2D eigenvalue weighted by atomic mass is 14.2. The standard InChI is InChI=1S/C18H13N/c19-13-17-12-15(10-14-6-2-1-3-7-14)11-16-8-4-5-9-18(16)17/h1-9,11-12H,10H2. The summed E-state index contributed by atoms with van der Waals surface area (Å²) in [6.45, 7) is 0. The van der Waals surface area contributed by atoms with Crippen molar-refractivity contribution in [2.75, 3.05) is 0 Å². The molecule has 0 aliphatic heterocycles. The second-order valence-corrected chi connectivity index (χ2v) is 4.64. The third kappa shape index (κ3) is 2.34. The van der Waals surface area contributed by atoms with Crippen molar-refractivity contribution in [3.8, 4) is 6.07 Å². The Hall–Kier alpha value is -2.59. The minimum absolute atomic E-state index is 0.754. The monoisotopic (exact) mass is 243 g/mol. The van der Waals surface area contributed by atoms with Gasteiger partial charge < -0.3 is 0 Å². The first-order valence-corrected chi connectivity index (χ1v) is 6.32. The van der Waals surface area contributed by atoms with Gasteiger partial charge in [-0.2, -0.15) is 5.26 Å². The molecule has 0 N–H and O–H groups in total. The lowest BCUT2D eigenvalue weighted by Gasteiger charge is -2.06. The molecular weight excluding hydrogens is 230 g/mol. The highest BCUT2D eigenvalue weighted by Crippen LogP contribution is 2.22. The number of hydrogen-bond acceptors (Lipinski definition) is 1. The molecular formula is C18H13N. The van der Waals surface area contributed by atoms with Gasteiger partial charge in [0.05, 0.1) is 11.6 Å². The smallest absolute Gasteiger partial charge is 0.0998 e. The topological polar surface area (TPSA) is 23.8 Å². The largest absolute Gasteiger partial charge is 0.192 e. The highest BCUT2D eigenvalue weighted by molar-refractivity contribution is 5.88. The predicted octanol–water partition coefficient (Wildman–Crippen LogP) is 4.30. The number of hydrogen-bond donors (Lipinski definition) is 0. The Morgan fingerprint density at radius 3 is 2.32 bits per heavy atom. The van der Waals surface area contributed by atoms with Gasteiger partial charge in [0, 0.05) is 0 Å². The maximum Gasteiger partial charge on any atom is 0.0998 e. The van der Waals surface area contributed by atoms with Gasteiger partial charge in [-0.3, -0.25) is 0 Å². The van der Waals surface area contributed by atoms with Crippen LogP contribution in [0.2, 0.25) is 0 Å². The Balaban J connectivity index is 2.08. The molecule has 0 fully saturated rings. The van der Waals surface area contributed by atoms with Gasteiger partial charge in [0.15, 0.2) is 0 Å². The van der Waals surface area contributed by atoms with E-state index in [0.717, 1.165) is 22.8 Å². The molecule has 3 aromatic carbocycles. The summed E-state index contributed by atoms with van der Waals surface area (Å²) in [6.07, 6.45) is 0.861. The SMILES string of the molecule is N#Cc1cc(Cc2ccccc2)cc2ccccc12. The summed E-state index contributed by atoms with van der Waals surface area (Å²) in [5.74, 6) is 0. The molecule has 0 unspecified atom stereocenters. The van der Waals surface area contributed by atoms with E-state index < -0.39 is 0 Å². The molecule has 0 amide bonds. The highest BCUT2D eigenvalue weighted by Gasteiger charge is 2.04. The van der Waals surface area contributed by atoms with E-state index in [1.807, 2.05) is 42.5 Å². The van der Waals surface area contributed by atoms with Crippen LogP contribution >= 0.6 is 0 Å². The summed E-state index contributed by atoms with van der Waals surface area (Å²) in [6, 6.07) is 24.8. The number of nitriles is 1. The fourth-order valence-electron chi connectivity index (χ4n) is 2.40. The van der Waals surface area contributed by atoms with Gasteiger partial charge in [-0.15, -0.1) is 0 Å². The third-order valence-corrected chi connectivity index (χ3v) is 3.29. The zero-order valence-corrected chi connectivity index (χ0v) is 10.5. The van der Waals surface area contributed by atoms with Gasteiger partial charge in [-0.05, 0) is 34.4 Å². The Bertz CT molecular complexity index is 751. The molecule has 0 aliphatic carbocycles. The number of fused-ring (bicyclic) bond motifs is 1. The molecule has 3 rings (SSSR count). The van der Waals surface area contributed by atoms with Crippen LogP contribution in [0.4, 0.5) is 0 Å². The molecule has 19 heavy (non-hydrogen) atoms.